The highest BCUT2D eigenvalue weighted by molar-refractivity contribution is 8.00. The first-order valence-electron chi connectivity index (χ1n) is 8.44. The number of fused-ring (bicyclic) bond motifs is 3. The van der Waals surface area contributed by atoms with E-state index >= 15 is 0 Å². The molecule has 6 nitrogen and oxygen atoms in total. The molecule has 2 aromatic heterocycles. The van der Waals surface area contributed by atoms with E-state index in [0.29, 0.717) is 11.4 Å². The van der Waals surface area contributed by atoms with Crippen LogP contribution in [0.25, 0.3) is 21.9 Å². The Morgan fingerprint density at radius 1 is 1.22 bits per heavy atom. The smallest absolute Gasteiger partial charge is 0.234 e. The zero-order valence-corrected chi connectivity index (χ0v) is 15.8. The van der Waals surface area contributed by atoms with Crippen LogP contribution in [0.3, 0.4) is 0 Å². The summed E-state index contributed by atoms with van der Waals surface area (Å²) >= 11 is 1.38. The van der Waals surface area contributed by atoms with Crippen molar-refractivity contribution in [2.24, 2.45) is 0 Å². The number of ether oxygens (including phenoxy) is 1. The molecule has 0 saturated carbocycles. The Balaban J connectivity index is 1.53. The van der Waals surface area contributed by atoms with Gasteiger partial charge in [-0.3, -0.25) is 4.79 Å². The van der Waals surface area contributed by atoms with Crippen LogP contribution in [0.5, 0.6) is 5.75 Å². The van der Waals surface area contributed by atoms with Gasteiger partial charge in [0.1, 0.15) is 22.6 Å². The summed E-state index contributed by atoms with van der Waals surface area (Å²) in [6.07, 6.45) is 1.54. The van der Waals surface area contributed by atoms with Gasteiger partial charge in [-0.2, -0.15) is 0 Å². The Hall–Kier alpha value is -3.06. The number of hydrogen-bond donors (Lipinski definition) is 2. The topological polar surface area (TPSA) is 79.9 Å². The summed E-state index contributed by atoms with van der Waals surface area (Å²) in [7, 11) is 1.60. The summed E-state index contributed by atoms with van der Waals surface area (Å²) in [4.78, 5) is 24.4. The van der Waals surface area contributed by atoms with Crippen molar-refractivity contribution >= 4 is 45.3 Å². The highest BCUT2D eigenvalue weighted by Gasteiger charge is 2.13. The molecule has 0 aliphatic carbocycles. The van der Waals surface area contributed by atoms with Gasteiger partial charge in [0.2, 0.25) is 5.91 Å². The van der Waals surface area contributed by atoms with Gasteiger partial charge in [0.25, 0.3) is 0 Å². The second-order valence-corrected chi connectivity index (χ2v) is 7.11. The first-order valence-corrected chi connectivity index (χ1v) is 9.42. The molecular formula is C20H18N4O2S. The number of carbonyl (C=O) groups is 1. The third kappa shape index (κ3) is 3.59. The molecule has 4 rings (SSSR count). The molecule has 2 heterocycles. The van der Waals surface area contributed by atoms with Crippen LogP contribution in [0.1, 0.15) is 5.56 Å². The van der Waals surface area contributed by atoms with Crippen LogP contribution < -0.4 is 10.1 Å². The number of methoxy groups -OCH3 is 1. The second-order valence-electron chi connectivity index (χ2n) is 6.15. The Morgan fingerprint density at radius 2 is 2.11 bits per heavy atom. The zero-order chi connectivity index (χ0) is 18.8. The number of H-pyrrole nitrogens is 1. The SMILES string of the molecule is COc1cccc(NC(=O)CSc2ncnc3c2[nH]c2ccc(C)cc23)c1. The Morgan fingerprint density at radius 3 is 2.96 bits per heavy atom. The molecule has 0 fully saturated rings. The Bertz CT molecular complexity index is 1140. The van der Waals surface area contributed by atoms with E-state index in [-0.39, 0.29) is 11.7 Å². The van der Waals surface area contributed by atoms with Crippen LogP contribution in [0.2, 0.25) is 0 Å². The summed E-state index contributed by atoms with van der Waals surface area (Å²) in [5.74, 6) is 0.843. The number of carbonyl (C=O) groups excluding carboxylic acids is 1. The van der Waals surface area contributed by atoms with Crippen molar-refractivity contribution in [1.82, 2.24) is 15.0 Å². The molecule has 0 atom stereocenters. The molecule has 2 N–H and O–H groups in total. The normalized spacial score (nSPS) is 11.0. The van der Waals surface area contributed by atoms with Gasteiger partial charge in [0.15, 0.2) is 0 Å². The molecule has 0 aliphatic heterocycles. The Kier molecular flexibility index (Phi) is 4.68. The van der Waals surface area contributed by atoms with Crippen molar-refractivity contribution in [3.05, 3.63) is 54.4 Å². The van der Waals surface area contributed by atoms with Gasteiger partial charge in [0, 0.05) is 22.7 Å². The zero-order valence-electron chi connectivity index (χ0n) is 14.9. The number of benzene rings is 2. The van der Waals surface area contributed by atoms with Crippen LogP contribution in [0.15, 0.2) is 53.8 Å². The minimum absolute atomic E-state index is 0.105. The maximum atomic E-state index is 12.3. The number of aromatic nitrogens is 3. The highest BCUT2D eigenvalue weighted by Crippen LogP contribution is 2.30. The number of rotatable bonds is 5. The van der Waals surface area contributed by atoms with Crippen molar-refractivity contribution in [2.45, 2.75) is 11.9 Å². The number of anilines is 1. The average Bonchev–Trinajstić information content (AvgIpc) is 3.05. The summed E-state index contributed by atoms with van der Waals surface area (Å²) in [6.45, 7) is 2.05. The van der Waals surface area contributed by atoms with Gasteiger partial charge in [-0.25, -0.2) is 9.97 Å². The summed E-state index contributed by atoms with van der Waals surface area (Å²) in [5.41, 5.74) is 4.62. The first kappa shape index (κ1) is 17.4. The lowest BCUT2D eigenvalue weighted by Crippen LogP contribution is -2.14. The van der Waals surface area contributed by atoms with Crippen LogP contribution in [-0.4, -0.2) is 33.7 Å². The molecule has 0 aliphatic rings. The molecule has 136 valence electrons. The lowest BCUT2D eigenvalue weighted by molar-refractivity contribution is -0.113. The first-order chi connectivity index (χ1) is 13.1. The van der Waals surface area contributed by atoms with E-state index in [9.17, 15) is 4.79 Å². The molecule has 0 saturated heterocycles. The minimum atomic E-state index is -0.105. The summed E-state index contributed by atoms with van der Waals surface area (Å²) in [6, 6.07) is 13.5. The van der Waals surface area contributed by atoms with E-state index in [0.717, 1.165) is 27.0 Å². The lowest BCUT2D eigenvalue weighted by atomic mass is 10.2. The monoisotopic (exact) mass is 378 g/mol. The number of thioether (sulfide) groups is 1. The van der Waals surface area contributed by atoms with Crippen molar-refractivity contribution in [1.29, 1.82) is 0 Å². The summed E-state index contributed by atoms with van der Waals surface area (Å²) in [5, 5.41) is 4.70. The van der Waals surface area contributed by atoms with Crippen LogP contribution in [0.4, 0.5) is 5.69 Å². The van der Waals surface area contributed by atoms with Crippen LogP contribution in [-0.2, 0) is 4.79 Å². The molecule has 0 spiro atoms. The largest absolute Gasteiger partial charge is 0.497 e. The number of amides is 1. The molecule has 0 bridgehead atoms. The van der Waals surface area contributed by atoms with E-state index < -0.39 is 0 Å². The van der Waals surface area contributed by atoms with E-state index in [1.807, 2.05) is 24.3 Å². The van der Waals surface area contributed by atoms with Gasteiger partial charge >= 0.3 is 0 Å². The van der Waals surface area contributed by atoms with E-state index in [2.05, 4.69) is 39.3 Å². The molecule has 0 unspecified atom stereocenters. The standard InChI is InChI=1S/C20H18N4O2S/c1-12-6-7-16-15(8-12)18-19(24-16)20(22-11-21-18)27-10-17(25)23-13-4-3-5-14(9-13)26-2/h3-9,11,24H,10H2,1-2H3,(H,23,25). The maximum absolute atomic E-state index is 12.3. The van der Waals surface area contributed by atoms with Crippen molar-refractivity contribution in [2.75, 3.05) is 18.2 Å². The predicted molar refractivity (Wildman–Crippen MR) is 108 cm³/mol. The molecule has 0 radical (unpaired) electrons. The third-order valence-corrected chi connectivity index (χ3v) is 5.19. The molecule has 27 heavy (non-hydrogen) atoms. The fourth-order valence-electron chi connectivity index (χ4n) is 2.93. The number of hydrogen-bond acceptors (Lipinski definition) is 5. The molecule has 7 heteroatoms. The van der Waals surface area contributed by atoms with Crippen LogP contribution in [0, 0.1) is 6.92 Å². The quantitative estimate of drug-likeness (QED) is 0.403. The molecular weight excluding hydrogens is 360 g/mol. The van der Waals surface area contributed by atoms with Crippen molar-refractivity contribution in [3.8, 4) is 5.75 Å². The van der Waals surface area contributed by atoms with Crippen molar-refractivity contribution < 1.29 is 9.53 Å². The molecule has 2 aromatic carbocycles. The van der Waals surface area contributed by atoms with Gasteiger partial charge in [-0.15, -0.1) is 0 Å². The number of aryl methyl sites for hydroxylation is 1. The van der Waals surface area contributed by atoms with E-state index in [4.69, 9.17) is 4.74 Å². The fraction of sp³-hybridized carbons (Fsp3) is 0.150. The number of aromatic amines is 1. The lowest BCUT2D eigenvalue weighted by Gasteiger charge is -2.07. The predicted octanol–water partition coefficient (Wildman–Crippen LogP) is 4.16. The average molecular weight is 378 g/mol. The third-order valence-electron chi connectivity index (χ3n) is 4.20. The number of nitrogens with zero attached hydrogens (tertiary/aromatic N) is 2. The van der Waals surface area contributed by atoms with Crippen LogP contribution >= 0.6 is 11.8 Å². The maximum Gasteiger partial charge on any atom is 0.234 e. The van der Waals surface area contributed by atoms with E-state index in [1.54, 1.807) is 19.5 Å². The Labute approximate surface area is 160 Å². The van der Waals surface area contributed by atoms with Gasteiger partial charge in [0.05, 0.1) is 18.4 Å². The van der Waals surface area contributed by atoms with Gasteiger partial charge < -0.3 is 15.0 Å². The second kappa shape index (κ2) is 7.28. The van der Waals surface area contributed by atoms with Crippen molar-refractivity contribution in [3.63, 3.8) is 0 Å². The minimum Gasteiger partial charge on any atom is -0.497 e. The molecule has 4 aromatic rings. The highest BCUT2D eigenvalue weighted by atomic mass is 32.2. The van der Waals surface area contributed by atoms with Gasteiger partial charge in [-0.1, -0.05) is 29.5 Å². The number of nitrogens with one attached hydrogen (secondary N) is 2. The summed E-state index contributed by atoms with van der Waals surface area (Å²) < 4.78 is 5.17. The molecule has 1 amide bonds. The van der Waals surface area contributed by atoms with Gasteiger partial charge in [-0.05, 0) is 31.2 Å². The van der Waals surface area contributed by atoms with E-state index in [1.165, 1.54) is 17.3 Å². The fourth-order valence-corrected chi connectivity index (χ4v) is 3.68.